The average molecular weight is 420 g/mol. The molecule has 0 spiro atoms. The Morgan fingerprint density at radius 2 is 1.96 bits per heavy atom. The summed E-state index contributed by atoms with van der Waals surface area (Å²) in [4.78, 5) is 43.5. The van der Waals surface area contributed by atoms with E-state index in [1.54, 1.807) is 22.8 Å². The number of likely N-dealkylation sites (tertiary alicyclic amines) is 1. The third-order valence-corrected chi connectivity index (χ3v) is 6.64. The van der Waals surface area contributed by atoms with Gasteiger partial charge in [-0.05, 0) is 37.5 Å². The Morgan fingerprint density at radius 3 is 2.68 bits per heavy atom. The van der Waals surface area contributed by atoms with E-state index in [0.29, 0.717) is 34.0 Å². The predicted molar refractivity (Wildman–Crippen MR) is 110 cm³/mol. The number of rotatable bonds is 4. The second-order valence-electron chi connectivity index (χ2n) is 7.35. The summed E-state index contributed by atoms with van der Waals surface area (Å²) in [6, 6.07) is 5.20. The number of benzene rings is 1. The highest BCUT2D eigenvalue weighted by molar-refractivity contribution is 7.99. The number of amides is 2. The number of aromatic nitrogens is 2. The highest BCUT2D eigenvalue weighted by atomic mass is 35.5. The average Bonchev–Trinajstić information content (AvgIpc) is 3.12. The van der Waals surface area contributed by atoms with E-state index in [4.69, 9.17) is 11.6 Å². The van der Waals surface area contributed by atoms with Crippen molar-refractivity contribution in [1.82, 2.24) is 14.5 Å². The van der Waals surface area contributed by atoms with Gasteiger partial charge in [0, 0.05) is 24.0 Å². The molecule has 0 N–H and O–H groups in total. The first-order chi connectivity index (χ1) is 13.5. The largest absolute Gasteiger partial charge is 0.284 e. The van der Waals surface area contributed by atoms with E-state index in [2.05, 4.69) is 4.98 Å². The zero-order valence-electron chi connectivity index (χ0n) is 15.5. The summed E-state index contributed by atoms with van der Waals surface area (Å²) in [7, 11) is 0. The molecule has 2 heterocycles. The summed E-state index contributed by atoms with van der Waals surface area (Å²) < 4.78 is 1.76. The lowest BCUT2D eigenvalue weighted by atomic mass is 9.95. The highest BCUT2D eigenvalue weighted by Gasteiger charge is 2.27. The van der Waals surface area contributed by atoms with Crippen molar-refractivity contribution >= 4 is 46.1 Å². The van der Waals surface area contributed by atoms with Gasteiger partial charge >= 0.3 is 0 Å². The number of fused-ring (bicyclic) bond motifs is 1. The molecule has 2 fully saturated rings. The number of hydrogen-bond acceptors (Lipinski definition) is 5. The molecule has 2 amide bonds. The fraction of sp³-hybridized carbons (Fsp3) is 0.500. The summed E-state index contributed by atoms with van der Waals surface area (Å²) in [5.41, 5.74) is 0.456. The van der Waals surface area contributed by atoms with E-state index < -0.39 is 0 Å². The van der Waals surface area contributed by atoms with Crippen LogP contribution in [0.15, 0.2) is 28.2 Å². The molecule has 1 saturated carbocycles. The van der Waals surface area contributed by atoms with Crippen LogP contribution in [0.5, 0.6) is 0 Å². The summed E-state index contributed by atoms with van der Waals surface area (Å²) in [6.45, 7) is 0.481. The van der Waals surface area contributed by atoms with Gasteiger partial charge in [-0.1, -0.05) is 42.6 Å². The van der Waals surface area contributed by atoms with Crippen molar-refractivity contribution < 1.29 is 9.59 Å². The van der Waals surface area contributed by atoms with E-state index in [-0.39, 0.29) is 29.2 Å². The summed E-state index contributed by atoms with van der Waals surface area (Å²) in [6.07, 6.45) is 6.37. The topological polar surface area (TPSA) is 72.3 Å². The number of carbonyl (C=O) groups excluding carboxylic acids is 2. The lowest BCUT2D eigenvalue weighted by Gasteiger charge is -2.26. The van der Waals surface area contributed by atoms with E-state index >= 15 is 0 Å². The van der Waals surface area contributed by atoms with Crippen LogP contribution >= 0.6 is 23.4 Å². The molecule has 2 aromatic rings. The molecule has 0 unspecified atom stereocenters. The normalized spacial score (nSPS) is 18.2. The fourth-order valence-corrected chi connectivity index (χ4v) is 5.14. The molecule has 8 heteroatoms. The molecule has 1 aliphatic carbocycles. The van der Waals surface area contributed by atoms with Gasteiger partial charge in [0.25, 0.3) is 5.56 Å². The van der Waals surface area contributed by atoms with Crippen molar-refractivity contribution in [3.63, 3.8) is 0 Å². The number of thioether (sulfide) groups is 1. The van der Waals surface area contributed by atoms with Crippen molar-refractivity contribution in [2.24, 2.45) is 0 Å². The number of hydrogen-bond donors (Lipinski definition) is 0. The molecule has 1 aromatic carbocycles. The number of halogens is 1. The molecule has 4 rings (SSSR count). The molecule has 6 nitrogen and oxygen atoms in total. The minimum Gasteiger partial charge on any atom is -0.284 e. The first-order valence-electron chi connectivity index (χ1n) is 9.72. The van der Waals surface area contributed by atoms with Crippen molar-refractivity contribution in [3.8, 4) is 0 Å². The van der Waals surface area contributed by atoms with E-state index in [9.17, 15) is 14.4 Å². The summed E-state index contributed by atoms with van der Waals surface area (Å²) >= 11 is 7.33. The number of imide groups is 1. The second-order valence-corrected chi connectivity index (χ2v) is 8.73. The minimum absolute atomic E-state index is 0.0826. The Bertz CT molecular complexity index is 985. The van der Waals surface area contributed by atoms with Gasteiger partial charge in [-0.25, -0.2) is 4.98 Å². The van der Waals surface area contributed by atoms with Crippen molar-refractivity contribution in [3.05, 3.63) is 33.6 Å². The van der Waals surface area contributed by atoms with Crippen LogP contribution in [-0.2, 0) is 9.59 Å². The van der Waals surface area contributed by atoms with Gasteiger partial charge < -0.3 is 0 Å². The van der Waals surface area contributed by atoms with Crippen LogP contribution in [0.4, 0.5) is 0 Å². The monoisotopic (exact) mass is 419 g/mol. The third kappa shape index (κ3) is 3.82. The zero-order valence-corrected chi connectivity index (χ0v) is 17.1. The maximum absolute atomic E-state index is 13.2. The molecule has 1 aliphatic heterocycles. The molecule has 148 valence electrons. The van der Waals surface area contributed by atoms with Gasteiger partial charge in [-0.2, -0.15) is 0 Å². The van der Waals surface area contributed by atoms with Crippen LogP contribution in [0, 0.1) is 0 Å². The van der Waals surface area contributed by atoms with Crippen LogP contribution in [0.1, 0.15) is 51.0 Å². The molecule has 0 bridgehead atoms. The summed E-state index contributed by atoms with van der Waals surface area (Å²) in [5.74, 6) is -0.242. The Labute approximate surface area is 172 Å². The van der Waals surface area contributed by atoms with Crippen molar-refractivity contribution in [1.29, 1.82) is 0 Å². The Morgan fingerprint density at radius 1 is 1.18 bits per heavy atom. The van der Waals surface area contributed by atoms with Crippen LogP contribution in [0.2, 0.25) is 5.02 Å². The lowest BCUT2D eigenvalue weighted by molar-refractivity contribution is -0.140. The minimum atomic E-state index is -0.219. The van der Waals surface area contributed by atoms with E-state index in [1.165, 1.54) is 23.1 Å². The first-order valence-corrected chi connectivity index (χ1v) is 11.1. The molecule has 1 aromatic heterocycles. The predicted octanol–water partition coefficient (Wildman–Crippen LogP) is 3.80. The van der Waals surface area contributed by atoms with Crippen LogP contribution in [0.3, 0.4) is 0 Å². The molecular formula is C20H22ClN3O3S. The van der Waals surface area contributed by atoms with Gasteiger partial charge in [0.1, 0.15) is 0 Å². The Hall–Kier alpha value is -1.86. The SMILES string of the molecule is O=C1CCCN1C(=O)CSc1nc2cc(Cl)ccc2c(=O)n1C1CCCCC1. The van der Waals surface area contributed by atoms with E-state index in [0.717, 1.165) is 32.1 Å². The van der Waals surface area contributed by atoms with E-state index in [1.807, 2.05) is 0 Å². The first kappa shape index (κ1) is 19.5. The van der Waals surface area contributed by atoms with Crippen LogP contribution in [0.25, 0.3) is 10.9 Å². The number of carbonyl (C=O) groups is 2. The van der Waals surface area contributed by atoms with Gasteiger partial charge in [0.2, 0.25) is 11.8 Å². The summed E-state index contributed by atoms with van der Waals surface area (Å²) in [5, 5.41) is 1.59. The standard InChI is InChI=1S/C20H22ClN3O3S/c21-13-8-9-15-16(11-13)22-20(24(19(15)27)14-5-2-1-3-6-14)28-12-18(26)23-10-4-7-17(23)25/h8-9,11,14H,1-7,10,12H2. The van der Waals surface area contributed by atoms with Gasteiger partial charge in [-0.15, -0.1) is 0 Å². The molecule has 2 aliphatic rings. The second kappa shape index (κ2) is 8.25. The quantitative estimate of drug-likeness (QED) is 0.556. The highest BCUT2D eigenvalue weighted by Crippen LogP contribution is 2.31. The van der Waals surface area contributed by atoms with Gasteiger partial charge in [-0.3, -0.25) is 23.9 Å². The van der Waals surface area contributed by atoms with Gasteiger partial charge in [0.05, 0.1) is 16.7 Å². The molecule has 0 atom stereocenters. The molecule has 0 radical (unpaired) electrons. The maximum atomic E-state index is 13.2. The third-order valence-electron chi connectivity index (χ3n) is 5.47. The maximum Gasteiger partial charge on any atom is 0.262 e. The van der Waals surface area contributed by atoms with Crippen LogP contribution in [-0.4, -0.2) is 38.6 Å². The molecule has 28 heavy (non-hydrogen) atoms. The smallest absolute Gasteiger partial charge is 0.262 e. The van der Waals surface area contributed by atoms with Crippen molar-refractivity contribution in [2.45, 2.75) is 56.1 Å². The van der Waals surface area contributed by atoms with Gasteiger partial charge in [0.15, 0.2) is 5.16 Å². The Kier molecular flexibility index (Phi) is 5.73. The lowest BCUT2D eigenvalue weighted by Crippen LogP contribution is -2.34. The zero-order chi connectivity index (χ0) is 19.7. The Balaban J connectivity index is 1.69. The van der Waals surface area contributed by atoms with Crippen LogP contribution < -0.4 is 5.56 Å². The molecular weight excluding hydrogens is 398 g/mol. The van der Waals surface area contributed by atoms with Crippen molar-refractivity contribution in [2.75, 3.05) is 12.3 Å². The number of nitrogens with zero attached hydrogens (tertiary/aromatic N) is 3. The molecule has 1 saturated heterocycles. The fourth-order valence-electron chi connectivity index (χ4n) is 4.03.